The van der Waals surface area contributed by atoms with Gasteiger partial charge in [-0.2, -0.15) is 0 Å². The first-order valence-electron chi connectivity index (χ1n) is 10.0. The average molecular weight is 383 g/mol. The molecule has 3 rings (SSSR count). The van der Waals surface area contributed by atoms with Crippen LogP contribution in [0, 0.1) is 5.92 Å². The minimum atomic E-state index is -0.141. The molecule has 1 aliphatic heterocycles. The van der Waals surface area contributed by atoms with Gasteiger partial charge in [-0.25, -0.2) is 0 Å². The number of piperidine rings is 1. The summed E-state index contributed by atoms with van der Waals surface area (Å²) in [6.45, 7) is 4.44. The average Bonchev–Trinajstić information content (AvgIpc) is 3.16. The van der Waals surface area contributed by atoms with Crippen molar-refractivity contribution >= 4 is 11.8 Å². The number of benzene rings is 1. The molecule has 1 aromatic heterocycles. The van der Waals surface area contributed by atoms with E-state index in [0.717, 1.165) is 25.2 Å². The summed E-state index contributed by atoms with van der Waals surface area (Å²) >= 11 is 0. The third kappa shape index (κ3) is 4.97. The number of carbonyl (C=O) groups is 2. The van der Waals surface area contributed by atoms with Crippen molar-refractivity contribution in [1.29, 1.82) is 0 Å². The number of rotatable bonds is 8. The van der Waals surface area contributed by atoms with E-state index in [1.54, 1.807) is 18.3 Å². The topological polar surface area (TPSA) is 71.3 Å². The Morgan fingerprint density at radius 3 is 2.82 bits per heavy atom. The highest BCUT2D eigenvalue weighted by Gasteiger charge is 2.31. The van der Waals surface area contributed by atoms with Gasteiger partial charge in [-0.3, -0.25) is 9.59 Å². The Bertz CT molecular complexity index is 789. The first-order chi connectivity index (χ1) is 13.6. The molecule has 0 aliphatic carbocycles. The Labute approximate surface area is 166 Å². The third-order valence-corrected chi connectivity index (χ3v) is 5.38. The molecule has 7 heteroatoms. The molecule has 1 saturated heterocycles. The Kier molecular flexibility index (Phi) is 6.79. The summed E-state index contributed by atoms with van der Waals surface area (Å²) in [6.07, 6.45) is 4.60. The second-order valence-electron chi connectivity index (χ2n) is 7.39. The molecule has 2 amide bonds. The van der Waals surface area contributed by atoms with Crippen molar-refractivity contribution in [1.82, 2.24) is 24.6 Å². The van der Waals surface area contributed by atoms with Gasteiger partial charge in [0.15, 0.2) is 5.82 Å². The summed E-state index contributed by atoms with van der Waals surface area (Å²) in [6, 6.07) is 10.3. The summed E-state index contributed by atoms with van der Waals surface area (Å²) in [4.78, 5) is 28.8. The van der Waals surface area contributed by atoms with Crippen molar-refractivity contribution in [2.24, 2.45) is 5.92 Å². The van der Waals surface area contributed by atoms with Gasteiger partial charge < -0.3 is 14.4 Å². The van der Waals surface area contributed by atoms with Gasteiger partial charge in [0.1, 0.15) is 6.33 Å². The van der Waals surface area contributed by atoms with Crippen molar-refractivity contribution < 1.29 is 9.59 Å². The van der Waals surface area contributed by atoms with Gasteiger partial charge in [0.05, 0.1) is 12.5 Å². The lowest BCUT2D eigenvalue weighted by molar-refractivity contribution is -0.142. The SMILES string of the molecule is CCn1cnnc1CN(C)C(=O)[C@H]1CCC(=O)N(CCCc2ccccc2)C1. The standard InChI is InChI=1S/C21H29N5O2/c1-3-25-16-22-23-19(25)15-24(2)21(28)18-11-12-20(27)26(14-18)13-7-10-17-8-5-4-6-9-17/h4-6,8-9,16,18H,3,7,10-15H2,1-2H3/t18-/m0/s1. The maximum atomic E-state index is 12.9. The third-order valence-electron chi connectivity index (χ3n) is 5.38. The fourth-order valence-electron chi connectivity index (χ4n) is 3.72. The molecule has 150 valence electrons. The maximum absolute atomic E-state index is 12.9. The second-order valence-corrected chi connectivity index (χ2v) is 7.39. The lowest BCUT2D eigenvalue weighted by atomic mass is 9.95. The van der Waals surface area contributed by atoms with E-state index in [2.05, 4.69) is 22.3 Å². The number of hydrogen-bond donors (Lipinski definition) is 0. The molecule has 0 radical (unpaired) electrons. The summed E-state index contributed by atoms with van der Waals surface area (Å²) in [5.74, 6) is 0.874. The molecule has 28 heavy (non-hydrogen) atoms. The maximum Gasteiger partial charge on any atom is 0.227 e. The van der Waals surface area contributed by atoms with Gasteiger partial charge in [-0.05, 0) is 31.7 Å². The highest BCUT2D eigenvalue weighted by molar-refractivity contribution is 5.83. The van der Waals surface area contributed by atoms with E-state index in [1.807, 2.05) is 34.6 Å². The van der Waals surface area contributed by atoms with Gasteiger partial charge in [-0.1, -0.05) is 30.3 Å². The van der Waals surface area contributed by atoms with Crippen LogP contribution in [0.1, 0.15) is 37.6 Å². The summed E-state index contributed by atoms with van der Waals surface area (Å²) in [7, 11) is 1.80. The van der Waals surface area contributed by atoms with Gasteiger partial charge >= 0.3 is 0 Å². The number of hydrogen-bond acceptors (Lipinski definition) is 4. The minimum Gasteiger partial charge on any atom is -0.342 e. The molecule has 2 aromatic rings. The minimum absolute atomic E-state index is 0.0752. The van der Waals surface area contributed by atoms with Gasteiger partial charge in [-0.15, -0.1) is 10.2 Å². The molecule has 1 fully saturated rings. The smallest absolute Gasteiger partial charge is 0.227 e. The number of aryl methyl sites for hydroxylation is 2. The van der Waals surface area contributed by atoms with E-state index in [0.29, 0.717) is 32.5 Å². The highest BCUT2D eigenvalue weighted by atomic mass is 16.2. The van der Waals surface area contributed by atoms with Crippen LogP contribution in [0.25, 0.3) is 0 Å². The molecule has 2 heterocycles. The predicted molar refractivity (Wildman–Crippen MR) is 106 cm³/mol. The van der Waals surface area contributed by atoms with Crippen LogP contribution in [-0.4, -0.2) is 56.5 Å². The number of nitrogens with zero attached hydrogens (tertiary/aromatic N) is 5. The molecule has 1 atom stereocenters. The number of carbonyl (C=O) groups excluding carboxylic acids is 2. The van der Waals surface area contributed by atoms with Crippen LogP contribution < -0.4 is 0 Å². The van der Waals surface area contributed by atoms with E-state index in [1.165, 1.54) is 5.56 Å². The Hall–Kier alpha value is -2.70. The van der Waals surface area contributed by atoms with Crippen molar-refractivity contribution in [3.63, 3.8) is 0 Å². The van der Waals surface area contributed by atoms with Gasteiger partial charge in [0, 0.05) is 33.1 Å². The van der Waals surface area contributed by atoms with Gasteiger partial charge in [0.25, 0.3) is 0 Å². The van der Waals surface area contributed by atoms with Crippen LogP contribution in [0.4, 0.5) is 0 Å². The Morgan fingerprint density at radius 2 is 2.07 bits per heavy atom. The van der Waals surface area contributed by atoms with Crippen molar-refractivity contribution in [2.75, 3.05) is 20.1 Å². The molecule has 0 saturated carbocycles. The second kappa shape index (κ2) is 9.48. The molecule has 0 N–H and O–H groups in total. The Balaban J connectivity index is 1.52. The van der Waals surface area contributed by atoms with Crippen LogP contribution >= 0.6 is 0 Å². The number of likely N-dealkylation sites (tertiary alicyclic amines) is 1. The molecule has 0 unspecified atom stereocenters. The van der Waals surface area contributed by atoms with Crippen molar-refractivity contribution in [3.05, 3.63) is 48.0 Å². The van der Waals surface area contributed by atoms with E-state index in [-0.39, 0.29) is 17.7 Å². The first-order valence-corrected chi connectivity index (χ1v) is 10.0. The van der Waals surface area contributed by atoms with Crippen LogP contribution in [-0.2, 0) is 29.1 Å². The molecule has 0 spiro atoms. The zero-order valence-corrected chi connectivity index (χ0v) is 16.8. The molecule has 1 aromatic carbocycles. The van der Waals surface area contributed by atoms with E-state index in [4.69, 9.17) is 0 Å². The fourth-order valence-corrected chi connectivity index (χ4v) is 3.72. The number of aromatic nitrogens is 3. The lowest BCUT2D eigenvalue weighted by Crippen LogP contribution is -2.46. The monoisotopic (exact) mass is 383 g/mol. The van der Waals surface area contributed by atoms with E-state index >= 15 is 0 Å². The zero-order valence-electron chi connectivity index (χ0n) is 16.8. The summed E-state index contributed by atoms with van der Waals surface area (Å²) < 4.78 is 1.93. The van der Waals surface area contributed by atoms with E-state index in [9.17, 15) is 9.59 Å². The summed E-state index contributed by atoms with van der Waals surface area (Å²) in [5, 5.41) is 8.03. The quantitative estimate of drug-likeness (QED) is 0.700. The predicted octanol–water partition coefficient (Wildman–Crippen LogP) is 2.13. The molecular weight excluding hydrogens is 354 g/mol. The molecule has 0 bridgehead atoms. The van der Waals surface area contributed by atoms with Gasteiger partial charge in [0.2, 0.25) is 11.8 Å². The van der Waals surface area contributed by atoms with E-state index < -0.39 is 0 Å². The summed E-state index contributed by atoms with van der Waals surface area (Å²) in [5.41, 5.74) is 1.28. The highest BCUT2D eigenvalue weighted by Crippen LogP contribution is 2.21. The van der Waals surface area contributed by atoms with Crippen LogP contribution in [0.5, 0.6) is 0 Å². The van der Waals surface area contributed by atoms with Crippen LogP contribution in [0.15, 0.2) is 36.7 Å². The molecular formula is C21H29N5O2. The zero-order chi connectivity index (χ0) is 19.9. The normalized spacial score (nSPS) is 17.0. The largest absolute Gasteiger partial charge is 0.342 e. The molecule has 7 nitrogen and oxygen atoms in total. The van der Waals surface area contributed by atoms with Crippen molar-refractivity contribution in [3.8, 4) is 0 Å². The van der Waals surface area contributed by atoms with Crippen molar-refractivity contribution in [2.45, 2.75) is 45.7 Å². The lowest BCUT2D eigenvalue weighted by Gasteiger charge is -2.33. The molecule has 1 aliphatic rings. The number of amides is 2. The van der Waals surface area contributed by atoms with Crippen LogP contribution in [0.3, 0.4) is 0 Å². The first kappa shape index (κ1) is 20.0. The Morgan fingerprint density at radius 1 is 1.29 bits per heavy atom. The fraction of sp³-hybridized carbons (Fsp3) is 0.524. The van der Waals surface area contributed by atoms with Crippen LogP contribution in [0.2, 0.25) is 0 Å².